The van der Waals surface area contributed by atoms with E-state index < -0.39 is 0 Å². The molecule has 0 radical (unpaired) electrons. The summed E-state index contributed by atoms with van der Waals surface area (Å²) in [6.45, 7) is 0. The first-order valence-corrected chi connectivity index (χ1v) is 5.85. The number of hydrogen-bond donors (Lipinski definition) is 1. The maximum Gasteiger partial charge on any atom is 0.0724 e. The summed E-state index contributed by atoms with van der Waals surface area (Å²) in [6, 6.07) is 1.19. The van der Waals surface area contributed by atoms with E-state index in [1.54, 1.807) is 0 Å². The fraction of sp³-hybridized carbons (Fsp3) is 0.833. The van der Waals surface area contributed by atoms with Gasteiger partial charge in [-0.3, -0.25) is 0 Å². The molecule has 1 unspecified atom stereocenters. The van der Waals surface area contributed by atoms with Gasteiger partial charge in [0, 0.05) is 19.2 Å². The van der Waals surface area contributed by atoms with Crippen LogP contribution in [-0.4, -0.2) is 25.3 Å². The van der Waals surface area contributed by atoms with E-state index in [2.05, 4.69) is 17.5 Å². The zero-order chi connectivity index (χ0) is 9.80. The van der Waals surface area contributed by atoms with Crippen molar-refractivity contribution in [1.82, 2.24) is 5.32 Å². The summed E-state index contributed by atoms with van der Waals surface area (Å²) in [7, 11) is 1.83. The van der Waals surface area contributed by atoms with Crippen LogP contribution in [0.2, 0.25) is 0 Å². The zero-order valence-corrected chi connectivity index (χ0v) is 9.04. The Morgan fingerprint density at radius 1 is 1.21 bits per heavy atom. The highest BCUT2D eigenvalue weighted by Gasteiger charge is 2.28. The molecule has 2 aliphatic rings. The van der Waals surface area contributed by atoms with Gasteiger partial charge in [0.2, 0.25) is 0 Å². The van der Waals surface area contributed by atoms with Crippen molar-refractivity contribution in [1.29, 1.82) is 0 Å². The third-order valence-corrected chi connectivity index (χ3v) is 3.44. The smallest absolute Gasteiger partial charge is 0.0724 e. The first kappa shape index (κ1) is 10.2. The van der Waals surface area contributed by atoms with Crippen molar-refractivity contribution in [3.63, 3.8) is 0 Å². The first-order chi connectivity index (χ1) is 6.90. The minimum Gasteiger partial charge on any atom is -0.380 e. The topological polar surface area (TPSA) is 21.3 Å². The summed E-state index contributed by atoms with van der Waals surface area (Å²) in [6.07, 6.45) is 12.8. The van der Waals surface area contributed by atoms with E-state index in [1.807, 2.05) is 7.11 Å². The molecule has 80 valence electrons. The predicted octanol–water partition coefficient (Wildman–Crippen LogP) is 2.25. The van der Waals surface area contributed by atoms with Crippen molar-refractivity contribution < 1.29 is 4.74 Å². The van der Waals surface area contributed by atoms with Gasteiger partial charge in [0.1, 0.15) is 0 Å². The molecular weight excluding hydrogens is 174 g/mol. The van der Waals surface area contributed by atoms with Crippen LogP contribution in [0.15, 0.2) is 12.2 Å². The van der Waals surface area contributed by atoms with Crippen molar-refractivity contribution in [3.05, 3.63) is 12.2 Å². The molecule has 2 rings (SSSR count). The summed E-state index contributed by atoms with van der Waals surface area (Å²) >= 11 is 0. The fourth-order valence-corrected chi connectivity index (χ4v) is 2.62. The summed E-state index contributed by atoms with van der Waals surface area (Å²) in [4.78, 5) is 0. The van der Waals surface area contributed by atoms with E-state index in [4.69, 9.17) is 4.74 Å². The van der Waals surface area contributed by atoms with Crippen LogP contribution in [0.4, 0.5) is 0 Å². The standard InChI is InChI=1S/C12H21NO/c1-14-12-9-5-8-11(12)13-10-6-3-2-4-7-10/h3,6,10-13H,2,4-5,7-9H2,1H3/t10?,11-,12-/m1/s1. The lowest BCUT2D eigenvalue weighted by Crippen LogP contribution is -2.42. The molecule has 2 aliphatic carbocycles. The van der Waals surface area contributed by atoms with Gasteiger partial charge in [-0.25, -0.2) is 0 Å². The fourth-order valence-electron chi connectivity index (χ4n) is 2.62. The maximum absolute atomic E-state index is 5.48. The van der Waals surface area contributed by atoms with Crippen molar-refractivity contribution in [2.24, 2.45) is 0 Å². The van der Waals surface area contributed by atoms with Crippen molar-refractivity contribution in [2.45, 2.75) is 56.7 Å². The monoisotopic (exact) mass is 195 g/mol. The zero-order valence-electron chi connectivity index (χ0n) is 9.04. The quantitative estimate of drug-likeness (QED) is 0.697. The molecule has 2 heteroatoms. The van der Waals surface area contributed by atoms with Crippen LogP contribution in [0.1, 0.15) is 38.5 Å². The highest BCUT2D eigenvalue weighted by Crippen LogP contribution is 2.23. The predicted molar refractivity (Wildman–Crippen MR) is 58.4 cm³/mol. The number of hydrogen-bond acceptors (Lipinski definition) is 2. The molecule has 2 nitrogen and oxygen atoms in total. The largest absolute Gasteiger partial charge is 0.380 e. The number of allylic oxidation sites excluding steroid dienone is 1. The molecule has 1 saturated carbocycles. The molecule has 0 aromatic heterocycles. The number of rotatable bonds is 3. The second-order valence-corrected chi connectivity index (χ2v) is 4.44. The molecule has 1 fully saturated rings. The van der Waals surface area contributed by atoms with Crippen LogP contribution < -0.4 is 5.32 Å². The van der Waals surface area contributed by atoms with E-state index in [9.17, 15) is 0 Å². The van der Waals surface area contributed by atoms with E-state index in [0.29, 0.717) is 18.2 Å². The van der Waals surface area contributed by atoms with Gasteiger partial charge in [-0.15, -0.1) is 0 Å². The van der Waals surface area contributed by atoms with Crippen molar-refractivity contribution in [2.75, 3.05) is 7.11 Å². The highest BCUT2D eigenvalue weighted by molar-refractivity contribution is 5.00. The average Bonchev–Trinajstić information content (AvgIpc) is 2.67. The van der Waals surface area contributed by atoms with Crippen LogP contribution in [0.25, 0.3) is 0 Å². The Hall–Kier alpha value is -0.340. The molecule has 0 aromatic carbocycles. The SMILES string of the molecule is CO[C@@H]1CCC[C@H]1NC1C=CCCC1. The van der Waals surface area contributed by atoms with Crippen LogP contribution in [0.5, 0.6) is 0 Å². The van der Waals surface area contributed by atoms with E-state index in [-0.39, 0.29) is 0 Å². The Labute approximate surface area is 86.7 Å². The Kier molecular flexibility index (Phi) is 3.60. The molecule has 0 heterocycles. The Bertz CT molecular complexity index is 202. The van der Waals surface area contributed by atoms with Crippen molar-refractivity contribution in [3.8, 4) is 0 Å². The Balaban J connectivity index is 1.83. The lowest BCUT2D eigenvalue weighted by Gasteiger charge is -2.26. The maximum atomic E-state index is 5.48. The Morgan fingerprint density at radius 3 is 2.86 bits per heavy atom. The van der Waals surface area contributed by atoms with Gasteiger partial charge in [-0.1, -0.05) is 12.2 Å². The van der Waals surface area contributed by atoms with Gasteiger partial charge in [0.05, 0.1) is 6.10 Å². The van der Waals surface area contributed by atoms with Crippen LogP contribution in [0.3, 0.4) is 0 Å². The van der Waals surface area contributed by atoms with Gasteiger partial charge in [-0.05, 0) is 38.5 Å². The number of methoxy groups -OCH3 is 1. The molecule has 0 aliphatic heterocycles. The van der Waals surface area contributed by atoms with Gasteiger partial charge in [-0.2, -0.15) is 0 Å². The molecular formula is C12H21NO. The van der Waals surface area contributed by atoms with E-state index in [0.717, 1.165) is 0 Å². The van der Waals surface area contributed by atoms with Gasteiger partial charge >= 0.3 is 0 Å². The van der Waals surface area contributed by atoms with E-state index in [1.165, 1.54) is 38.5 Å². The van der Waals surface area contributed by atoms with Gasteiger partial charge in [0.15, 0.2) is 0 Å². The summed E-state index contributed by atoms with van der Waals surface area (Å²) in [5.41, 5.74) is 0. The third kappa shape index (κ3) is 2.37. The van der Waals surface area contributed by atoms with Gasteiger partial charge < -0.3 is 10.1 Å². The van der Waals surface area contributed by atoms with Crippen molar-refractivity contribution >= 4 is 0 Å². The lowest BCUT2D eigenvalue weighted by molar-refractivity contribution is 0.0825. The average molecular weight is 195 g/mol. The first-order valence-electron chi connectivity index (χ1n) is 5.85. The van der Waals surface area contributed by atoms with Crippen LogP contribution in [-0.2, 0) is 4.74 Å². The summed E-state index contributed by atoms with van der Waals surface area (Å²) in [5.74, 6) is 0. The highest BCUT2D eigenvalue weighted by atomic mass is 16.5. The minimum atomic E-state index is 0.449. The molecule has 0 spiro atoms. The Morgan fingerprint density at radius 2 is 2.14 bits per heavy atom. The molecule has 3 atom stereocenters. The number of ether oxygens (including phenoxy) is 1. The van der Waals surface area contributed by atoms with Crippen LogP contribution >= 0.6 is 0 Å². The van der Waals surface area contributed by atoms with Crippen LogP contribution in [0, 0.1) is 0 Å². The summed E-state index contributed by atoms with van der Waals surface area (Å²) in [5, 5.41) is 3.71. The molecule has 0 amide bonds. The third-order valence-electron chi connectivity index (χ3n) is 3.44. The number of nitrogens with one attached hydrogen (secondary N) is 1. The summed E-state index contributed by atoms with van der Waals surface area (Å²) < 4.78 is 5.48. The normalized spacial score (nSPS) is 37.6. The molecule has 0 aromatic rings. The lowest BCUT2D eigenvalue weighted by atomic mass is 10.0. The second kappa shape index (κ2) is 4.94. The molecule has 14 heavy (non-hydrogen) atoms. The van der Waals surface area contributed by atoms with Gasteiger partial charge in [0.25, 0.3) is 0 Å². The van der Waals surface area contributed by atoms with E-state index >= 15 is 0 Å². The molecule has 1 N–H and O–H groups in total. The minimum absolute atomic E-state index is 0.449. The molecule has 0 saturated heterocycles. The second-order valence-electron chi connectivity index (χ2n) is 4.44. The molecule has 0 bridgehead atoms.